The number of hydrogen-bond donors (Lipinski definition) is 2. The van der Waals surface area contributed by atoms with Crippen molar-refractivity contribution in [3.8, 4) is 5.75 Å². The number of nitrogens with zero attached hydrogens (tertiary/aromatic N) is 1. The van der Waals surface area contributed by atoms with Crippen LogP contribution in [-0.4, -0.2) is 22.7 Å². The standard InChI is InChI=1S/C19H18N2O3/c1-3-24-18-7-5-4-6-16(18)21-17-10-12(2)20-15-9-8-13(19(22)23)11-14(15)17/h4-11H,3H2,1-2H3,(H,20,21)(H,22,23). The molecule has 0 radical (unpaired) electrons. The van der Waals surface area contributed by atoms with Crippen molar-refractivity contribution in [1.29, 1.82) is 0 Å². The molecule has 1 heterocycles. The van der Waals surface area contributed by atoms with Crippen LogP contribution in [0.25, 0.3) is 10.9 Å². The van der Waals surface area contributed by atoms with Crippen LogP contribution >= 0.6 is 0 Å². The predicted molar refractivity (Wildman–Crippen MR) is 94.3 cm³/mol. The number of hydrogen-bond acceptors (Lipinski definition) is 4. The van der Waals surface area contributed by atoms with Crippen LogP contribution in [-0.2, 0) is 0 Å². The summed E-state index contributed by atoms with van der Waals surface area (Å²) in [7, 11) is 0. The maximum atomic E-state index is 11.3. The van der Waals surface area contributed by atoms with Crippen LogP contribution in [0.1, 0.15) is 23.0 Å². The Kier molecular flexibility index (Phi) is 4.33. The number of pyridine rings is 1. The first-order chi connectivity index (χ1) is 11.6. The molecule has 0 atom stereocenters. The van der Waals surface area contributed by atoms with Gasteiger partial charge in [-0.15, -0.1) is 0 Å². The number of rotatable bonds is 5. The van der Waals surface area contributed by atoms with E-state index in [9.17, 15) is 9.90 Å². The summed E-state index contributed by atoms with van der Waals surface area (Å²) in [5.74, 6) is -0.213. The van der Waals surface area contributed by atoms with E-state index < -0.39 is 5.97 Å². The van der Waals surface area contributed by atoms with Crippen LogP contribution in [0.4, 0.5) is 11.4 Å². The molecule has 0 saturated heterocycles. The molecule has 2 N–H and O–H groups in total. The second-order valence-electron chi connectivity index (χ2n) is 5.40. The molecule has 3 rings (SSSR count). The average molecular weight is 322 g/mol. The number of aromatic carboxylic acids is 1. The number of aryl methyl sites for hydroxylation is 1. The van der Waals surface area contributed by atoms with E-state index in [-0.39, 0.29) is 5.56 Å². The number of benzene rings is 2. The molecule has 0 saturated carbocycles. The summed E-state index contributed by atoms with van der Waals surface area (Å²) in [6.45, 7) is 4.41. The van der Waals surface area contributed by atoms with Gasteiger partial charge in [-0.3, -0.25) is 4.98 Å². The van der Waals surface area contributed by atoms with Gasteiger partial charge in [-0.05, 0) is 50.2 Å². The lowest BCUT2D eigenvalue weighted by atomic mass is 10.1. The average Bonchev–Trinajstić information content (AvgIpc) is 2.56. The lowest BCUT2D eigenvalue weighted by molar-refractivity contribution is 0.0697. The highest BCUT2D eigenvalue weighted by atomic mass is 16.5. The van der Waals surface area contributed by atoms with E-state index >= 15 is 0 Å². The Morgan fingerprint density at radius 3 is 2.71 bits per heavy atom. The molecule has 2 aromatic carbocycles. The van der Waals surface area contributed by atoms with E-state index in [0.29, 0.717) is 6.61 Å². The van der Waals surface area contributed by atoms with Crippen LogP contribution in [0.15, 0.2) is 48.5 Å². The molecule has 3 aromatic rings. The summed E-state index contributed by atoms with van der Waals surface area (Å²) in [4.78, 5) is 15.7. The van der Waals surface area contributed by atoms with Crippen molar-refractivity contribution in [3.05, 3.63) is 59.8 Å². The molecule has 0 spiro atoms. The Morgan fingerprint density at radius 1 is 1.17 bits per heavy atom. The van der Waals surface area contributed by atoms with E-state index in [2.05, 4.69) is 10.3 Å². The number of aromatic nitrogens is 1. The van der Waals surface area contributed by atoms with Crippen molar-refractivity contribution in [1.82, 2.24) is 4.98 Å². The summed E-state index contributed by atoms with van der Waals surface area (Å²) in [6, 6.07) is 14.5. The minimum absolute atomic E-state index is 0.231. The van der Waals surface area contributed by atoms with Crippen molar-refractivity contribution >= 4 is 28.2 Å². The van der Waals surface area contributed by atoms with E-state index in [1.165, 1.54) is 0 Å². The van der Waals surface area contributed by atoms with Gasteiger partial charge in [0.05, 0.1) is 23.4 Å². The van der Waals surface area contributed by atoms with Gasteiger partial charge in [0.25, 0.3) is 0 Å². The molecule has 0 aliphatic rings. The number of anilines is 2. The fourth-order valence-corrected chi connectivity index (χ4v) is 2.59. The number of carboxylic acid groups (broad SMARTS) is 1. The molecule has 0 amide bonds. The summed E-state index contributed by atoms with van der Waals surface area (Å²) >= 11 is 0. The summed E-state index contributed by atoms with van der Waals surface area (Å²) < 4.78 is 5.64. The Labute approximate surface area is 139 Å². The summed E-state index contributed by atoms with van der Waals surface area (Å²) in [5.41, 5.74) is 3.45. The van der Waals surface area contributed by atoms with Gasteiger partial charge in [0.15, 0.2) is 0 Å². The fourth-order valence-electron chi connectivity index (χ4n) is 2.59. The Bertz CT molecular complexity index is 906. The molecular weight excluding hydrogens is 304 g/mol. The minimum Gasteiger partial charge on any atom is -0.492 e. The lowest BCUT2D eigenvalue weighted by Crippen LogP contribution is -2.01. The van der Waals surface area contributed by atoms with Gasteiger partial charge in [-0.2, -0.15) is 0 Å². The Hall–Kier alpha value is -3.08. The Balaban J connectivity index is 2.11. The van der Waals surface area contributed by atoms with Gasteiger partial charge < -0.3 is 15.2 Å². The fraction of sp³-hybridized carbons (Fsp3) is 0.158. The highest BCUT2D eigenvalue weighted by Crippen LogP contribution is 2.32. The molecule has 5 nitrogen and oxygen atoms in total. The first-order valence-corrected chi connectivity index (χ1v) is 7.72. The normalized spacial score (nSPS) is 10.6. The van der Waals surface area contributed by atoms with E-state index in [1.54, 1.807) is 18.2 Å². The summed E-state index contributed by atoms with van der Waals surface area (Å²) in [5, 5.41) is 13.3. The van der Waals surface area contributed by atoms with Gasteiger partial charge in [-0.25, -0.2) is 4.79 Å². The van der Waals surface area contributed by atoms with Crippen molar-refractivity contribution in [2.45, 2.75) is 13.8 Å². The van der Waals surface area contributed by atoms with Crippen LogP contribution < -0.4 is 10.1 Å². The third-order valence-electron chi connectivity index (χ3n) is 3.64. The first-order valence-electron chi connectivity index (χ1n) is 7.72. The highest BCUT2D eigenvalue weighted by molar-refractivity contribution is 5.99. The second kappa shape index (κ2) is 6.58. The number of para-hydroxylation sites is 2. The maximum Gasteiger partial charge on any atom is 0.335 e. The molecule has 0 aliphatic carbocycles. The number of fused-ring (bicyclic) bond motifs is 1. The van der Waals surface area contributed by atoms with Crippen LogP contribution in [0.2, 0.25) is 0 Å². The van der Waals surface area contributed by atoms with Gasteiger partial charge >= 0.3 is 5.97 Å². The van der Waals surface area contributed by atoms with Crippen molar-refractivity contribution in [3.63, 3.8) is 0 Å². The summed E-state index contributed by atoms with van der Waals surface area (Å²) in [6.07, 6.45) is 0. The van der Waals surface area contributed by atoms with Crippen molar-refractivity contribution in [2.24, 2.45) is 0 Å². The monoisotopic (exact) mass is 322 g/mol. The SMILES string of the molecule is CCOc1ccccc1Nc1cc(C)nc2ccc(C(=O)O)cc12. The predicted octanol–water partition coefficient (Wildman–Crippen LogP) is 4.38. The largest absolute Gasteiger partial charge is 0.492 e. The second-order valence-corrected chi connectivity index (χ2v) is 5.40. The molecule has 0 bridgehead atoms. The van der Waals surface area contributed by atoms with Crippen LogP contribution in [0, 0.1) is 6.92 Å². The lowest BCUT2D eigenvalue weighted by Gasteiger charge is -2.14. The molecule has 24 heavy (non-hydrogen) atoms. The third kappa shape index (κ3) is 3.15. The van der Waals surface area contributed by atoms with E-state index in [1.807, 2.05) is 44.2 Å². The van der Waals surface area contributed by atoms with Crippen LogP contribution in [0.3, 0.4) is 0 Å². The highest BCUT2D eigenvalue weighted by Gasteiger charge is 2.11. The molecular formula is C19H18N2O3. The number of carbonyl (C=O) groups is 1. The van der Waals surface area contributed by atoms with Crippen molar-refractivity contribution in [2.75, 3.05) is 11.9 Å². The smallest absolute Gasteiger partial charge is 0.335 e. The zero-order valence-electron chi connectivity index (χ0n) is 13.5. The number of ether oxygens (including phenoxy) is 1. The number of nitrogens with one attached hydrogen (secondary N) is 1. The maximum absolute atomic E-state index is 11.3. The topological polar surface area (TPSA) is 71.5 Å². The minimum atomic E-state index is -0.960. The molecule has 0 unspecified atom stereocenters. The Morgan fingerprint density at radius 2 is 1.96 bits per heavy atom. The zero-order valence-corrected chi connectivity index (χ0v) is 13.5. The van der Waals surface area contributed by atoms with Gasteiger partial charge in [-0.1, -0.05) is 12.1 Å². The first kappa shape index (κ1) is 15.8. The van der Waals surface area contributed by atoms with E-state index in [0.717, 1.165) is 33.7 Å². The zero-order chi connectivity index (χ0) is 17.1. The van der Waals surface area contributed by atoms with Gasteiger partial charge in [0, 0.05) is 16.8 Å². The van der Waals surface area contributed by atoms with E-state index in [4.69, 9.17) is 4.74 Å². The quantitative estimate of drug-likeness (QED) is 0.729. The molecule has 0 fully saturated rings. The number of carboxylic acids is 1. The van der Waals surface area contributed by atoms with Gasteiger partial charge in [0.2, 0.25) is 0 Å². The van der Waals surface area contributed by atoms with Crippen molar-refractivity contribution < 1.29 is 14.6 Å². The molecule has 1 aromatic heterocycles. The molecule has 122 valence electrons. The van der Waals surface area contributed by atoms with Gasteiger partial charge in [0.1, 0.15) is 5.75 Å². The molecule has 5 heteroatoms. The third-order valence-corrected chi connectivity index (χ3v) is 3.64. The van der Waals surface area contributed by atoms with Crippen LogP contribution in [0.5, 0.6) is 5.75 Å². The molecule has 0 aliphatic heterocycles.